The highest BCUT2D eigenvalue weighted by Gasteiger charge is 2.23. The molecule has 0 amide bonds. The Hall–Kier alpha value is -0.400. The highest BCUT2D eigenvalue weighted by atomic mass is 16.3. The van der Waals surface area contributed by atoms with Gasteiger partial charge in [0.25, 0.3) is 0 Å². The first-order valence-electron chi connectivity index (χ1n) is 9.79. The second kappa shape index (κ2) is 21.3. The van der Waals surface area contributed by atoms with Gasteiger partial charge in [-0.1, -0.05) is 6.92 Å². The van der Waals surface area contributed by atoms with E-state index in [1.165, 1.54) is 0 Å². The van der Waals surface area contributed by atoms with E-state index < -0.39 is 11.6 Å². The van der Waals surface area contributed by atoms with Crippen LogP contribution in [0, 0.1) is 0 Å². The maximum absolute atomic E-state index is 8.73. The minimum absolute atomic E-state index is 0.135. The summed E-state index contributed by atoms with van der Waals surface area (Å²) in [7, 11) is 0. The van der Waals surface area contributed by atoms with Gasteiger partial charge in [-0.25, -0.2) is 0 Å². The molecule has 0 fully saturated rings. The zero-order valence-electron chi connectivity index (χ0n) is 17.3. The third kappa shape index (κ3) is 20.3. The molecule has 0 saturated heterocycles. The van der Waals surface area contributed by atoms with Crippen molar-refractivity contribution < 1.29 is 35.7 Å². The first-order valence-corrected chi connectivity index (χ1v) is 9.79. The molecule has 0 bridgehead atoms. The Morgan fingerprint density at radius 1 is 0.714 bits per heavy atom. The van der Waals surface area contributed by atoms with Gasteiger partial charge in [0.15, 0.2) is 0 Å². The fourth-order valence-electron chi connectivity index (χ4n) is 2.02. The zero-order valence-corrected chi connectivity index (χ0v) is 17.3. The van der Waals surface area contributed by atoms with Crippen LogP contribution in [-0.2, 0) is 0 Å². The maximum atomic E-state index is 8.73. The molecule has 0 rings (SSSR count). The van der Waals surface area contributed by atoms with Gasteiger partial charge >= 0.3 is 0 Å². The molecule has 0 radical (unpaired) electrons. The average molecular weight is 416 g/mol. The van der Waals surface area contributed by atoms with E-state index in [1.54, 1.807) is 0 Å². The van der Waals surface area contributed by atoms with Gasteiger partial charge in [0.2, 0.25) is 0 Å². The second-order valence-corrected chi connectivity index (χ2v) is 6.95. The molecule has 0 aromatic heterocycles. The summed E-state index contributed by atoms with van der Waals surface area (Å²) in [6.07, 6.45) is 4.19. The molecule has 174 valence electrons. The Bertz CT molecular complexity index is 275. The van der Waals surface area contributed by atoms with E-state index in [0.29, 0.717) is 25.7 Å². The second-order valence-electron chi connectivity index (χ2n) is 6.95. The standard InChI is InChI=1S/C10H23NO3.C5H13NO2.C3H9NO2/c11-10(4-1-7-12,5-2-8-13)6-3-9-14;1-2-5(6,3-7)4-8;4-1-3(6)2-5/h12-14H,1-9,11H2;7-8H,2-4,6H2,1H3;3,5-6H,1-2,4H2. The zero-order chi connectivity index (χ0) is 22.5. The predicted molar refractivity (Wildman–Crippen MR) is 109 cm³/mol. The van der Waals surface area contributed by atoms with Gasteiger partial charge in [-0.15, -0.1) is 0 Å². The van der Waals surface area contributed by atoms with E-state index in [0.717, 1.165) is 19.3 Å². The number of nitrogens with two attached hydrogens (primary N) is 3. The van der Waals surface area contributed by atoms with Gasteiger partial charge in [-0.05, 0) is 44.9 Å². The molecular formula is C18H45N3O7. The predicted octanol–water partition coefficient (Wildman–Crippen LogP) is -2.62. The molecular weight excluding hydrogens is 370 g/mol. The molecule has 0 aromatic rings. The minimum Gasteiger partial charge on any atom is -0.396 e. The quantitative estimate of drug-likeness (QED) is 0.142. The van der Waals surface area contributed by atoms with Crippen molar-refractivity contribution in [3.05, 3.63) is 0 Å². The van der Waals surface area contributed by atoms with Crippen molar-refractivity contribution in [3.63, 3.8) is 0 Å². The monoisotopic (exact) mass is 415 g/mol. The molecule has 0 aliphatic heterocycles. The minimum atomic E-state index is -0.764. The topological polar surface area (TPSA) is 220 Å². The molecule has 13 N–H and O–H groups in total. The summed E-state index contributed by atoms with van der Waals surface area (Å²) in [4.78, 5) is 0. The molecule has 0 aromatic carbocycles. The Morgan fingerprint density at radius 3 is 1.18 bits per heavy atom. The van der Waals surface area contributed by atoms with Crippen LogP contribution < -0.4 is 17.2 Å². The first-order chi connectivity index (χ1) is 13.2. The summed E-state index contributed by atoms with van der Waals surface area (Å²) in [6.45, 7) is 1.87. The third-order valence-electron chi connectivity index (χ3n) is 4.32. The van der Waals surface area contributed by atoms with E-state index in [1.807, 2.05) is 6.92 Å². The van der Waals surface area contributed by atoms with Crippen molar-refractivity contribution >= 4 is 0 Å². The van der Waals surface area contributed by atoms with Crippen molar-refractivity contribution in [2.75, 3.05) is 46.2 Å². The average Bonchev–Trinajstić information content (AvgIpc) is 2.74. The molecule has 1 atom stereocenters. The highest BCUT2D eigenvalue weighted by Crippen LogP contribution is 2.22. The molecule has 28 heavy (non-hydrogen) atoms. The van der Waals surface area contributed by atoms with Crippen molar-refractivity contribution in [3.8, 4) is 0 Å². The van der Waals surface area contributed by atoms with Crippen molar-refractivity contribution in [2.24, 2.45) is 17.2 Å². The van der Waals surface area contributed by atoms with E-state index in [4.69, 9.17) is 52.9 Å². The number of aliphatic hydroxyl groups excluding tert-OH is 7. The van der Waals surface area contributed by atoms with E-state index in [9.17, 15) is 0 Å². The van der Waals surface area contributed by atoms with Crippen LogP contribution >= 0.6 is 0 Å². The lowest BCUT2D eigenvalue weighted by Crippen LogP contribution is -2.46. The van der Waals surface area contributed by atoms with Gasteiger partial charge in [0, 0.05) is 31.9 Å². The first kappa shape index (κ1) is 32.3. The van der Waals surface area contributed by atoms with Crippen LogP contribution in [0.15, 0.2) is 0 Å². The fraction of sp³-hybridized carbons (Fsp3) is 1.00. The number of aliphatic hydroxyl groups is 7. The summed E-state index contributed by atoms with van der Waals surface area (Å²) in [5, 5.41) is 59.5. The lowest BCUT2D eigenvalue weighted by Gasteiger charge is -2.29. The van der Waals surface area contributed by atoms with Crippen molar-refractivity contribution in [1.29, 1.82) is 0 Å². The summed E-state index contributed by atoms with van der Waals surface area (Å²) in [5.74, 6) is 0. The van der Waals surface area contributed by atoms with Gasteiger partial charge in [-0.3, -0.25) is 0 Å². The van der Waals surface area contributed by atoms with Gasteiger partial charge < -0.3 is 52.9 Å². The summed E-state index contributed by atoms with van der Waals surface area (Å²) < 4.78 is 0. The Labute approximate surface area is 169 Å². The molecule has 0 heterocycles. The molecule has 10 heteroatoms. The van der Waals surface area contributed by atoms with Crippen LogP contribution in [0.1, 0.15) is 51.9 Å². The molecule has 1 unspecified atom stereocenters. The summed E-state index contributed by atoms with van der Waals surface area (Å²) >= 11 is 0. The molecule has 0 spiro atoms. The van der Waals surface area contributed by atoms with Crippen LogP contribution in [0.5, 0.6) is 0 Å². The molecule has 0 saturated carbocycles. The van der Waals surface area contributed by atoms with Gasteiger partial charge in [-0.2, -0.15) is 0 Å². The number of rotatable bonds is 14. The normalized spacial score (nSPS) is 12.5. The lowest BCUT2D eigenvalue weighted by molar-refractivity contribution is 0.102. The molecule has 0 aliphatic rings. The smallest absolute Gasteiger partial charge is 0.0892 e. The van der Waals surface area contributed by atoms with Crippen molar-refractivity contribution in [1.82, 2.24) is 0 Å². The highest BCUT2D eigenvalue weighted by molar-refractivity contribution is 4.83. The van der Waals surface area contributed by atoms with Gasteiger partial charge in [0.05, 0.1) is 31.5 Å². The van der Waals surface area contributed by atoms with E-state index in [-0.39, 0.29) is 51.7 Å². The molecule has 0 aliphatic carbocycles. The van der Waals surface area contributed by atoms with Crippen molar-refractivity contribution in [2.45, 2.75) is 69.1 Å². The van der Waals surface area contributed by atoms with E-state index in [2.05, 4.69) is 0 Å². The van der Waals surface area contributed by atoms with Crippen LogP contribution in [-0.4, -0.2) is 99.1 Å². The Balaban J connectivity index is -0.000000376. The van der Waals surface area contributed by atoms with Crippen LogP contribution in [0.4, 0.5) is 0 Å². The third-order valence-corrected chi connectivity index (χ3v) is 4.32. The van der Waals surface area contributed by atoms with E-state index >= 15 is 0 Å². The fourth-order valence-corrected chi connectivity index (χ4v) is 2.02. The SMILES string of the molecule is CCC(N)(CO)CO.NC(CCCO)(CCCO)CCCO.NCC(O)CO. The number of hydrogen-bond donors (Lipinski definition) is 10. The molecule has 10 nitrogen and oxygen atoms in total. The van der Waals surface area contributed by atoms with Gasteiger partial charge in [0.1, 0.15) is 0 Å². The van der Waals surface area contributed by atoms with Crippen LogP contribution in [0.25, 0.3) is 0 Å². The van der Waals surface area contributed by atoms with Crippen LogP contribution in [0.3, 0.4) is 0 Å². The van der Waals surface area contributed by atoms with Crippen LogP contribution in [0.2, 0.25) is 0 Å². The number of hydrogen-bond acceptors (Lipinski definition) is 10. The summed E-state index contributed by atoms with van der Waals surface area (Å²) in [6, 6.07) is 0. The summed E-state index contributed by atoms with van der Waals surface area (Å²) in [5.41, 5.74) is 15.3. The Kier molecular flexibility index (Phi) is 24.6. The largest absolute Gasteiger partial charge is 0.396 e. The maximum Gasteiger partial charge on any atom is 0.0892 e. The Morgan fingerprint density at radius 2 is 1.07 bits per heavy atom. The lowest BCUT2D eigenvalue weighted by atomic mass is 9.85.